The maximum atomic E-state index is 11.6. The maximum absolute atomic E-state index is 11.6. The first-order valence-electron chi connectivity index (χ1n) is 5.83. The molecule has 0 radical (unpaired) electrons. The molecule has 7 nitrogen and oxygen atoms in total. The Morgan fingerprint density at radius 2 is 2.11 bits per heavy atom. The standard InChI is InChI=1S/C12H18N2O5/c1-12(2,4-5-19-3)7-14-6-8(10(16)17)9(15)13-11(14)18/h6H,4-5,7H2,1-3H3,(H,16,17)(H,13,15,18). The average molecular weight is 270 g/mol. The predicted molar refractivity (Wildman–Crippen MR) is 68.6 cm³/mol. The fourth-order valence-electron chi connectivity index (χ4n) is 1.70. The Hall–Kier alpha value is -1.89. The Balaban J connectivity index is 3.08. The predicted octanol–water partition coefficient (Wildman–Crippen LogP) is 0.297. The highest BCUT2D eigenvalue weighted by Gasteiger charge is 2.20. The molecule has 0 amide bonds. The number of methoxy groups -OCH3 is 1. The van der Waals surface area contributed by atoms with E-state index in [1.54, 1.807) is 7.11 Å². The van der Waals surface area contributed by atoms with Crippen LogP contribution in [0.5, 0.6) is 0 Å². The van der Waals surface area contributed by atoms with Gasteiger partial charge in [0.2, 0.25) is 0 Å². The van der Waals surface area contributed by atoms with Crippen molar-refractivity contribution in [2.24, 2.45) is 5.41 Å². The number of hydrogen-bond donors (Lipinski definition) is 2. The van der Waals surface area contributed by atoms with E-state index in [0.29, 0.717) is 19.6 Å². The van der Waals surface area contributed by atoms with Crippen LogP contribution in [0.25, 0.3) is 0 Å². The summed E-state index contributed by atoms with van der Waals surface area (Å²) < 4.78 is 6.20. The summed E-state index contributed by atoms with van der Waals surface area (Å²) in [5.74, 6) is -1.36. The van der Waals surface area contributed by atoms with Crippen molar-refractivity contribution < 1.29 is 14.6 Å². The first kappa shape index (κ1) is 15.2. The van der Waals surface area contributed by atoms with Gasteiger partial charge in [0.05, 0.1) is 0 Å². The Kier molecular flexibility index (Phi) is 4.66. The van der Waals surface area contributed by atoms with Crippen molar-refractivity contribution in [2.45, 2.75) is 26.8 Å². The Morgan fingerprint density at radius 3 is 2.63 bits per heavy atom. The molecule has 2 N–H and O–H groups in total. The Labute approximate surface area is 109 Å². The molecule has 7 heteroatoms. The molecule has 106 valence electrons. The molecule has 1 heterocycles. The molecule has 1 aromatic heterocycles. The second-order valence-corrected chi connectivity index (χ2v) is 5.14. The minimum atomic E-state index is -1.36. The molecule has 1 aromatic rings. The van der Waals surface area contributed by atoms with Gasteiger partial charge in [-0.25, -0.2) is 9.59 Å². The third kappa shape index (κ3) is 4.06. The fourth-order valence-corrected chi connectivity index (χ4v) is 1.70. The summed E-state index contributed by atoms with van der Waals surface area (Å²) in [6, 6.07) is 0. The molecule has 0 unspecified atom stereocenters. The first-order valence-corrected chi connectivity index (χ1v) is 5.83. The summed E-state index contributed by atoms with van der Waals surface area (Å²) in [7, 11) is 1.59. The van der Waals surface area contributed by atoms with Gasteiger partial charge < -0.3 is 9.84 Å². The van der Waals surface area contributed by atoms with Gasteiger partial charge in [-0.2, -0.15) is 0 Å². The summed E-state index contributed by atoms with van der Waals surface area (Å²) in [4.78, 5) is 35.8. The van der Waals surface area contributed by atoms with E-state index in [4.69, 9.17) is 9.84 Å². The van der Waals surface area contributed by atoms with Crippen LogP contribution in [-0.2, 0) is 11.3 Å². The Bertz CT molecular complexity index is 570. The highest BCUT2D eigenvalue weighted by Crippen LogP contribution is 2.21. The van der Waals surface area contributed by atoms with Gasteiger partial charge in [0.15, 0.2) is 0 Å². The van der Waals surface area contributed by atoms with Crippen LogP contribution in [0.15, 0.2) is 15.8 Å². The minimum Gasteiger partial charge on any atom is -0.477 e. The van der Waals surface area contributed by atoms with Crippen molar-refractivity contribution in [2.75, 3.05) is 13.7 Å². The van der Waals surface area contributed by atoms with Crippen molar-refractivity contribution in [1.29, 1.82) is 0 Å². The number of rotatable bonds is 6. The van der Waals surface area contributed by atoms with Gasteiger partial charge in [0, 0.05) is 26.5 Å². The molecule has 1 rings (SSSR count). The topological polar surface area (TPSA) is 101 Å². The zero-order valence-electron chi connectivity index (χ0n) is 11.2. The van der Waals surface area contributed by atoms with E-state index in [1.165, 1.54) is 4.57 Å². The fraction of sp³-hybridized carbons (Fsp3) is 0.583. The summed E-state index contributed by atoms with van der Waals surface area (Å²) >= 11 is 0. The lowest BCUT2D eigenvalue weighted by Crippen LogP contribution is -2.36. The lowest BCUT2D eigenvalue weighted by Gasteiger charge is -2.25. The van der Waals surface area contributed by atoms with Crippen LogP contribution in [0, 0.1) is 5.41 Å². The molecule has 0 saturated heterocycles. The molecular weight excluding hydrogens is 252 g/mol. The maximum Gasteiger partial charge on any atom is 0.342 e. The third-order valence-electron chi connectivity index (χ3n) is 2.82. The molecule has 0 aliphatic carbocycles. The number of nitrogens with zero attached hydrogens (tertiary/aromatic N) is 1. The van der Waals surface area contributed by atoms with Crippen LogP contribution in [0.3, 0.4) is 0 Å². The first-order chi connectivity index (χ1) is 8.76. The summed E-state index contributed by atoms with van der Waals surface area (Å²) in [5, 5.41) is 8.87. The number of hydrogen-bond acceptors (Lipinski definition) is 4. The van der Waals surface area contributed by atoms with Crippen LogP contribution >= 0.6 is 0 Å². The molecule has 0 aromatic carbocycles. The van der Waals surface area contributed by atoms with E-state index < -0.39 is 22.8 Å². The molecule has 0 saturated carbocycles. The van der Waals surface area contributed by atoms with Crippen molar-refractivity contribution in [3.05, 3.63) is 32.6 Å². The zero-order chi connectivity index (χ0) is 14.6. The van der Waals surface area contributed by atoms with E-state index in [2.05, 4.69) is 0 Å². The average Bonchev–Trinajstić information content (AvgIpc) is 2.29. The molecule has 19 heavy (non-hydrogen) atoms. The highest BCUT2D eigenvalue weighted by atomic mass is 16.5. The number of aromatic amines is 1. The van der Waals surface area contributed by atoms with Crippen molar-refractivity contribution in [3.63, 3.8) is 0 Å². The van der Waals surface area contributed by atoms with Crippen LogP contribution in [-0.4, -0.2) is 34.3 Å². The number of H-pyrrole nitrogens is 1. The quantitative estimate of drug-likeness (QED) is 0.774. The van der Waals surface area contributed by atoms with E-state index in [1.807, 2.05) is 18.8 Å². The number of carbonyl (C=O) groups is 1. The van der Waals surface area contributed by atoms with Crippen molar-refractivity contribution >= 4 is 5.97 Å². The smallest absolute Gasteiger partial charge is 0.342 e. The second kappa shape index (κ2) is 5.83. The van der Waals surface area contributed by atoms with E-state index in [0.717, 1.165) is 6.20 Å². The van der Waals surface area contributed by atoms with E-state index >= 15 is 0 Å². The van der Waals surface area contributed by atoms with E-state index in [-0.39, 0.29) is 5.41 Å². The van der Waals surface area contributed by atoms with Crippen LogP contribution in [0.4, 0.5) is 0 Å². The second-order valence-electron chi connectivity index (χ2n) is 5.14. The van der Waals surface area contributed by atoms with Gasteiger partial charge in [-0.05, 0) is 11.8 Å². The van der Waals surface area contributed by atoms with Gasteiger partial charge in [-0.15, -0.1) is 0 Å². The van der Waals surface area contributed by atoms with Gasteiger partial charge in [0.1, 0.15) is 5.56 Å². The summed E-state index contributed by atoms with van der Waals surface area (Å²) in [6.07, 6.45) is 1.79. The number of aromatic carboxylic acids is 1. The SMILES string of the molecule is COCCC(C)(C)Cn1cc(C(=O)O)c(=O)[nH]c1=O. The lowest BCUT2D eigenvalue weighted by molar-refractivity contribution is 0.0692. The number of carboxylic acids is 1. The molecule has 0 atom stereocenters. The van der Waals surface area contributed by atoms with Crippen LogP contribution < -0.4 is 11.2 Å². The highest BCUT2D eigenvalue weighted by molar-refractivity contribution is 5.86. The third-order valence-corrected chi connectivity index (χ3v) is 2.82. The van der Waals surface area contributed by atoms with Gasteiger partial charge in [0.25, 0.3) is 5.56 Å². The molecular formula is C12H18N2O5. The van der Waals surface area contributed by atoms with E-state index in [9.17, 15) is 14.4 Å². The molecule has 0 spiro atoms. The molecule has 0 aliphatic heterocycles. The normalized spacial score (nSPS) is 11.5. The molecule has 0 fully saturated rings. The zero-order valence-corrected chi connectivity index (χ0v) is 11.2. The van der Waals surface area contributed by atoms with Crippen LogP contribution in [0.2, 0.25) is 0 Å². The van der Waals surface area contributed by atoms with Crippen molar-refractivity contribution in [3.8, 4) is 0 Å². The molecule has 0 aliphatic rings. The van der Waals surface area contributed by atoms with Gasteiger partial charge >= 0.3 is 11.7 Å². The van der Waals surface area contributed by atoms with Gasteiger partial charge in [-0.1, -0.05) is 13.8 Å². The number of carboxylic acid groups (broad SMARTS) is 1. The Morgan fingerprint density at radius 1 is 1.47 bits per heavy atom. The monoisotopic (exact) mass is 270 g/mol. The number of nitrogens with one attached hydrogen (secondary N) is 1. The lowest BCUT2D eigenvalue weighted by atomic mass is 9.89. The van der Waals surface area contributed by atoms with Crippen molar-refractivity contribution in [1.82, 2.24) is 9.55 Å². The number of aromatic nitrogens is 2. The number of ether oxygens (including phenoxy) is 1. The summed E-state index contributed by atoms with van der Waals surface area (Å²) in [6.45, 7) is 4.71. The van der Waals surface area contributed by atoms with Gasteiger partial charge in [-0.3, -0.25) is 14.3 Å². The largest absolute Gasteiger partial charge is 0.477 e. The summed E-state index contributed by atoms with van der Waals surface area (Å²) in [5.41, 5.74) is -2.19. The minimum absolute atomic E-state index is 0.256. The van der Waals surface area contributed by atoms with Crippen LogP contribution in [0.1, 0.15) is 30.6 Å². The molecule has 0 bridgehead atoms.